The molecule has 3 aromatic carbocycles. The molecule has 0 spiro atoms. The highest BCUT2D eigenvalue weighted by atomic mass is 35.5. The van der Waals surface area contributed by atoms with E-state index in [-0.39, 0.29) is 16.8 Å². The summed E-state index contributed by atoms with van der Waals surface area (Å²) in [5, 5.41) is 5.47. The van der Waals surface area contributed by atoms with Gasteiger partial charge in [0.1, 0.15) is 5.82 Å². The number of carbonyl (C=O) groups excluding carboxylic acids is 2. The molecular weight excluding hydrogens is 427 g/mol. The quantitative estimate of drug-likeness (QED) is 0.420. The maximum atomic E-state index is 13.3. The third kappa shape index (κ3) is 6.17. The first kappa shape index (κ1) is 23.5. The van der Waals surface area contributed by atoms with Gasteiger partial charge in [-0.3, -0.25) is 9.59 Å². The molecule has 1 unspecified atom stereocenters. The van der Waals surface area contributed by atoms with Crippen LogP contribution in [0.5, 0.6) is 0 Å². The van der Waals surface area contributed by atoms with E-state index < -0.39 is 11.7 Å². The number of halogens is 2. The second kappa shape index (κ2) is 10.4. The predicted molar refractivity (Wildman–Crippen MR) is 128 cm³/mol. The Labute approximate surface area is 192 Å². The van der Waals surface area contributed by atoms with Crippen LogP contribution < -0.4 is 10.6 Å². The Bertz CT molecular complexity index is 1110. The van der Waals surface area contributed by atoms with Crippen molar-refractivity contribution in [1.82, 2.24) is 0 Å². The van der Waals surface area contributed by atoms with Gasteiger partial charge in [-0.2, -0.15) is 0 Å². The maximum absolute atomic E-state index is 13.3. The molecule has 3 rings (SSSR count). The Balaban J connectivity index is 1.66. The van der Waals surface area contributed by atoms with Gasteiger partial charge in [0.2, 0.25) is 5.91 Å². The predicted octanol–water partition coefficient (Wildman–Crippen LogP) is 6.67. The van der Waals surface area contributed by atoms with Gasteiger partial charge in [0.15, 0.2) is 0 Å². The van der Waals surface area contributed by atoms with Gasteiger partial charge in [0.25, 0.3) is 5.91 Å². The maximum Gasteiger partial charge on any atom is 0.255 e. The van der Waals surface area contributed by atoms with Gasteiger partial charge in [-0.25, -0.2) is 4.39 Å². The molecule has 166 valence electrons. The highest BCUT2D eigenvalue weighted by molar-refractivity contribution is 6.31. The zero-order valence-corrected chi connectivity index (χ0v) is 19.0. The van der Waals surface area contributed by atoms with E-state index in [2.05, 4.69) is 36.6 Å². The van der Waals surface area contributed by atoms with E-state index in [0.29, 0.717) is 22.9 Å². The fraction of sp³-hybridized carbons (Fsp3) is 0.231. The molecule has 3 aromatic rings. The Kier molecular flexibility index (Phi) is 7.65. The molecule has 1 atom stereocenters. The van der Waals surface area contributed by atoms with Gasteiger partial charge in [0.05, 0.1) is 10.9 Å². The summed E-state index contributed by atoms with van der Waals surface area (Å²) in [6.07, 6.45) is 1.000. The van der Waals surface area contributed by atoms with Crippen LogP contribution in [0.1, 0.15) is 48.2 Å². The Morgan fingerprint density at radius 2 is 1.59 bits per heavy atom. The molecule has 0 saturated carbocycles. The molecule has 0 aromatic heterocycles. The topological polar surface area (TPSA) is 58.2 Å². The van der Waals surface area contributed by atoms with Crippen LogP contribution in [0, 0.1) is 11.7 Å². The number of amides is 2. The minimum Gasteiger partial charge on any atom is -0.326 e. The minimum atomic E-state index is -0.557. The first-order valence-corrected chi connectivity index (χ1v) is 10.9. The van der Waals surface area contributed by atoms with Crippen LogP contribution in [0.2, 0.25) is 5.02 Å². The molecule has 6 heteroatoms. The fourth-order valence-electron chi connectivity index (χ4n) is 3.33. The lowest BCUT2D eigenvalue weighted by molar-refractivity contribution is -0.117. The van der Waals surface area contributed by atoms with Crippen LogP contribution in [-0.2, 0) is 11.2 Å². The summed E-state index contributed by atoms with van der Waals surface area (Å²) in [5.74, 6) is -0.881. The molecule has 2 amide bonds. The summed E-state index contributed by atoms with van der Waals surface area (Å²) in [6.45, 7) is 6.20. The lowest BCUT2D eigenvalue weighted by Crippen LogP contribution is -2.19. The molecule has 32 heavy (non-hydrogen) atoms. The van der Waals surface area contributed by atoms with Crippen molar-refractivity contribution in [2.75, 3.05) is 10.6 Å². The molecule has 0 fully saturated rings. The van der Waals surface area contributed by atoms with Crippen LogP contribution in [0.25, 0.3) is 0 Å². The summed E-state index contributed by atoms with van der Waals surface area (Å²) in [4.78, 5) is 25.3. The van der Waals surface area contributed by atoms with Crippen molar-refractivity contribution in [2.24, 2.45) is 5.92 Å². The Hall–Kier alpha value is -3.18. The van der Waals surface area contributed by atoms with Crippen LogP contribution in [0.15, 0.2) is 66.7 Å². The molecule has 0 radical (unpaired) electrons. The summed E-state index contributed by atoms with van der Waals surface area (Å²) >= 11 is 5.76. The molecule has 2 N–H and O–H groups in total. The smallest absolute Gasteiger partial charge is 0.255 e. The Morgan fingerprint density at radius 1 is 0.906 bits per heavy atom. The summed E-state index contributed by atoms with van der Waals surface area (Å²) in [6, 6.07) is 18.7. The molecule has 0 heterocycles. The van der Waals surface area contributed by atoms with E-state index in [1.807, 2.05) is 19.1 Å². The van der Waals surface area contributed by atoms with Crippen molar-refractivity contribution < 1.29 is 14.0 Å². The Morgan fingerprint density at radius 3 is 2.25 bits per heavy atom. The van der Waals surface area contributed by atoms with Crippen molar-refractivity contribution in [3.8, 4) is 0 Å². The number of nitrogens with one attached hydrogen (secondary N) is 2. The molecule has 0 aliphatic rings. The van der Waals surface area contributed by atoms with Crippen molar-refractivity contribution in [2.45, 2.75) is 33.1 Å². The molecule has 0 aliphatic heterocycles. The molecule has 0 aliphatic carbocycles. The molecule has 0 saturated heterocycles. The van der Waals surface area contributed by atoms with Crippen molar-refractivity contribution in [3.05, 3.63) is 94.3 Å². The first-order chi connectivity index (χ1) is 15.2. The zero-order valence-electron chi connectivity index (χ0n) is 18.3. The number of benzene rings is 3. The molecular formula is C26H26ClFN2O2. The minimum absolute atomic E-state index is 0.0740. The standard InChI is InChI=1S/C26H26ClFN2O2/c1-16(2)13-18-7-9-19(10-8-18)17(3)25(31)29-21-6-4-5-20(14-21)26(32)30-22-11-12-24(28)23(27)15-22/h4-12,14-17H,13H2,1-3H3,(H,29,31)(H,30,32). The van der Waals surface area contributed by atoms with Gasteiger partial charge in [-0.1, -0.05) is 55.8 Å². The lowest BCUT2D eigenvalue weighted by atomic mass is 9.96. The van der Waals surface area contributed by atoms with Gasteiger partial charge < -0.3 is 10.6 Å². The fourth-order valence-corrected chi connectivity index (χ4v) is 3.51. The number of rotatable bonds is 7. The first-order valence-electron chi connectivity index (χ1n) is 10.5. The highest BCUT2D eigenvalue weighted by Gasteiger charge is 2.16. The van der Waals surface area contributed by atoms with E-state index in [4.69, 9.17) is 11.6 Å². The van der Waals surface area contributed by atoms with Gasteiger partial charge in [-0.15, -0.1) is 0 Å². The number of hydrogen-bond donors (Lipinski definition) is 2. The SMILES string of the molecule is CC(C)Cc1ccc(C(C)C(=O)Nc2cccc(C(=O)Nc3ccc(F)c(Cl)c3)c2)cc1. The average Bonchev–Trinajstić information content (AvgIpc) is 2.76. The summed E-state index contributed by atoms with van der Waals surface area (Å²) < 4.78 is 13.3. The van der Waals surface area contributed by atoms with Crippen molar-refractivity contribution >= 4 is 34.8 Å². The third-order valence-electron chi connectivity index (χ3n) is 5.09. The van der Waals surface area contributed by atoms with E-state index in [1.165, 1.54) is 23.8 Å². The van der Waals surface area contributed by atoms with E-state index in [9.17, 15) is 14.0 Å². The number of anilines is 2. The highest BCUT2D eigenvalue weighted by Crippen LogP contribution is 2.22. The third-order valence-corrected chi connectivity index (χ3v) is 5.38. The number of carbonyl (C=O) groups is 2. The van der Waals surface area contributed by atoms with E-state index >= 15 is 0 Å². The second-order valence-corrected chi connectivity index (χ2v) is 8.62. The van der Waals surface area contributed by atoms with Crippen molar-refractivity contribution in [3.63, 3.8) is 0 Å². The van der Waals surface area contributed by atoms with Crippen LogP contribution in [0.3, 0.4) is 0 Å². The lowest BCUT2D eigenvalue weighted by Gasteiger charge is -2.14. The second-order valence-electron chi connectivity index (χ2n) is 8.21. The zero-order chi connectivity index (χ0) is 23.3. The average molecular weight is 453 g/mol. The molecule has 4 nitrogen and oxygen atoms in total. The van der Waals surface area contributed by atoms with E-state index in [1.54, 1.807) is 24.3 Å². The van der Waals surface area contributed by atoms with Gasteiger partial charge in [0, 0.05) is 16.9 Å². The van der Waals surface area contributed by atoms with Crippen molar-refractivity contribution in [1.29, 1.82) is 0 Å². The van der Waals surface area contributed by atoms with Crippen LogP contribution in [-0.4, -0.2) is 11.8 Å². The summed E-state index contributed by atoms with van der Waals surface area (Å²) in [5.41, 5.74) is 3.43. The van der Waals surface area contributed by atoms with E-state index in [0.717, 1.165) is 12.0 Å². The summed E-state index contributed by atoms with van der Waals surface area (Å²) in [7, 11) is 0. The van der Waals surface area contributed by atoms with Crippen LogP contribution in [0.4, 0.5) is 15.8 Å². The van der Waals surface area contributed by atoms with Crippen LogP contribution >= 0.6 is 11.6 Å². The van der Waals surface area contributed by atoms with Gasteiger partial charge >= 0.3 is 0 Å². The van der Waals surface area contributed by atoms with Gasteiger partial charge in [-0.05, 0) is 66.8 Å². The monoisotopic (exact) mass is 452 g/mol. The largest absolute Gasteiger partial charge is 0.326 e. The molecule has 0 bridgehead atoms. The number of hydrogen-bond acceptors (Lipinski definition) is 2. The normalized spacial score (nSPS) is 11.8.